The van der Waals surface area contributed by atoms with Gasteiger partial charge in [-0.1, -0.05) is 18.2 Å². The van der Waals surface area contributed by atoms with Gasteiger partial charge in [-0.3, -0.25) is 9.59 Å². The van der Waals surface area contributed by atoms with Crippen LogP contribution < -0.4 is 5.32 Å². The average Bonchev–Trinajstić information content (AvgIpc) is 3.32. The maximum atomic E-state index is 13.8. The zero-order valence-electron chi connectivity index (χ0n) is 13.4. The van der Waals surface area contributed by atoms with E-state index in [0.717, 1.165) is 17.7 Å². The molecule has 1 aliphatic rings. The van der Waals surface area contributed by atoms with Crippen molar-refractivity contribution < 1.29 is 14.0 Å². The molecular formula is C18H19FN2O2S. The molecule has 2 aromatic rings. The highest BCUT2D eigenvalue weighted by Gasteiger charge is 2.33. The van der Waals surface area contributed by atoms with Gasteiger partial charge in [0.25, 0.3) is 5.91 Å². The first-order valence-corrected chi connectivity index (χ1v) is 8.74. The predicted molar refractivity (Wildman–Crippen MR) is 91.4 cm³/mol. The molecule has 1 saturated carbocycles. The van der Waals surface area contributed by atoms with Crippen molar-refractivity contribution in [1.29, 1.82) is 0 Å². The lowest BCUT2D eigenvalue weighted by Gasteiger charge is -2.23. The van der Waals surface area contributed by atoms with E-state index in [1.807, 2.05) is 13.0 Å². The van der Waals surface area contributed by atoms with Gasteiger partial charge in [0.05, 0.1) is 11.4 Å². The van der Waals surface area contributed by atoms with Crippen molar-refractivity contribution in [3.8, 4) is 0 Å². The minimum Gasteiger partial charge on any atom is -0.342 e. The molecule has 1 heterocycles. The fourth-order valence-corrected chi connectivity index (χ4v) is 3.30. The van der Waals surface area contributed by atoms with Gasteiger partial charge in [-0.05, 0) is 38.0 Å². The number of thiophene rings is 1. The van der Waals surface area contributed by atoms with Crippen LogP contribution in [0.2, 0.25) is 0 Å². The molecular weight excluding hydrogens is 327 g/mol. The van der Waals surface area contributed by atoms with Gasteiger partial charge in [-0.25, -0.2) is 4.39 Å². The number of hydrogen-bond donors (Lipinski definition) is 1. The molecule has 0 bridgehead atoms. The molecule has 4 nitrogen and oxygen atoms in total. The number of halogens is 1. The molecule has 0 unspecified atom stereocenters. The van der Waals surface area contributed by atoms with E-state index in [2.05, 4.69) is 5.32 Å². The average molecular weight is 346 g/mol. The van der Waals surface area contributed by atoms with Crippen LogP contribution >= 0.6 is 11.3 Å². The summed E-state index contributed by atoms with van der Waals surface area (Å²) in [6.07, 6.45) is 1.86. The van der Waals surface area contributed by atoms with E-state index >= 15 is 0 Å². The maximum Gasteiger partial charge on any atom is 0.261 e. The van der Waals surface area contributed by atoms with Crippen LogP contribution in [-0.2, 0) is 11.3 Å². The molecule has 1 aromatic heterocycles. The third-order valence-electron chi connectivity index (χ3n) is 3.97. The molecule has 2 amide bonds. The number of rotatable bonds is 6. The molecule has 0 radical (unpaired) electrons. The number of nitrogens with one attached hydrogen (secondary N) is 1. The van der Waals surface area contributed by atoms with Crippen LogP contribution in [0.4, 0.5) is 4.39 Å². The van der Waals surface area contributed by atoms with Crippen molar-refractivity contribution >= 4 is 23.2 Å². The lowest BCUT2D eigenvalue weighted by Crippen LogP contribution is -2.41. The van der Waals surface area contributed by atoms with Crippen LogP contribution in [0.5, 0.6) is 0 Å². The molecule has 24 heavy (non-hydrogen) atoms. The van der Waals surface area contributed by atoms with E-state index in [4.69, 9.17) is 0 Å². The molecule has 0 saturated heterocycles. The Morgan fingerprint density at radius 2 is 2.00 bits per heavy atom. The Balaban J connectivity index is 1.61. The Morgan fingerprint density at radius 3 is 2.62 bits per heavy atom. The summed E-state index contributed by atoms with van der Waals surface area (Å²) in [6, 6.07) is 10.2. The summed E-state index contributed by atoms with van der Waals surface area (Å²) in [5.74, 6) is -0.737. The number of carbonyl (C=O) groups excluding carboxylic acids is 2. The number of benzene rings is 1. The highest BCUT2D eigenvalue weighted by atomic mass is 32.1. The van der Waals surface area contributed by atoms with Crippen molar-refractivity contribution in [2.75, 3.05) is 6.54 Å². The predicted octanol–water partition coefficient (Wildman–Crippen LogP) is 3.12. The molecule has 0 atom stereocenters. The topological polar surface area (TPSA) is 49.4 Å². The van der Waals surface area contributed by atoms with Crippen LogP contribution in [0.15, 0.2) is 36.4 Å². The van der Waals surface area contributed by atoms with Gasteiger partial charge in [0.2, 0.25) is 5.91 Å². The van der Waals surface area contributed by atoms with E-state index in [1.54, 1.807) is 29.2 Å². The Bertz CT molecular complexity index is 755. The van der Waals surface area contributed by atoms with E-state index in [0.29, 0.717) is 10.4 Å². The molecule has 1 fully saturated rings. The highest BCUT2D eigenvalue weighted by Crippen LogP contribution is 2.28. The normalized spacial score (nSPS) is 13.6. The first-order chi connectivity index (χ1) is 11.5. The molecule has 1 aromatic carbocycles. The first-order valence-electron chi connectivity index (χ1n) is 7.92. The largest absolute Gasteiger partial charge is 0.342 e. The monoisotopic (exact) mass is 346 g/mol. The van der Waals surface area contributed by atoms with Crippen LogP contribution in [-0.4, -0.2) is 29.3 Å². The summed E-state index contributed by atoms with van der Waals surface area (Å²) in [5, 5.41) is 2.66. The van der Waals surface area contributed by atoms with Gasteiger partial charge in [0, 0.05) is 23.0 Å². The van der Waals surface area contributed by atoms with Gasteiger partial charge in [0.15, 0.2) is 0 Å². The second-order valence-corrected chi connectivity index (χ2v) is 7.23. The van der Waals surface area contributed by atoms with Crippen molar-refractivity contribution in [1.82, 2.24) is 10.2 Å². The summed E-state index contributed by atoms with van der Waals surface area (Å²) < 4.78 is 13.8. The number of amides is 2. The van der Waals surface area contributed by atoms with Gasteiger partial charge in [-0.15, -0.1) is 11.3 Å². The fourth-order valence-electron chi connectivity index (χ4n) is 2.52. The Kier molecular flexibility index (Phi) is 4.94. The van der Waals surface area contributed by atoms with E-state index < -0.39 is 0 Å². The van der Waals surface area contributed by atoms with E-state index in [1.165, 1.54) is 17.4 Å². The van der Waals surface area contributed by atoms with Crippen LogP contribution in [0.1, 0.15) is 33.0 Å². The minimum absolute atomic E-state index is 0.0687. The first kappa shape index (κ1) is 16.6. The Morgan fingerprint density at radius 1 is 1.25 bits per heavy atom. The third kappa shape index (κ3) is 4.00. The molecule has 126 valence electrons. The standard InChI is InChI=1S/C18H19FN2O2S/c1-12-6-9-16(24-12)18(23)20-10-17(22)21(14-7-8-14)11-13-4-2-3-5-15(13)19/h2-6,9,14H,7-8,10-11H2,1H3,(H,20,23). The smallest absolute Gasteiger partial charge is 0.261 e. The summed E-state index contributed by atoms with van der Waals surface area (Å²) in [7, 11) is 0. The SMILES string of the molecule is Cc1ccc(C(=O)NCC(=O)N(Cc2ccccc2F)C2CC2)s1. The molecule has 1 N–H and O–H groups in total. The van der Waals surface area contributed by atoms with Crippen LogP contribution in [0.25, 0.3) is 0 Å². The summed E-state index contributed by atoms with van der Waals surface area (Å²) in [6.45, 7) is 2.10. The number of nitrogens with zero attached hydrogens (tertiary/aromatic N) is 1. The zero-order chi connectivity index (χ0) is 17.1. The zero-order valence-corrected chi connectivity index (χ0v) is 14.2. The van der Waals surface area contributed by atoms with Gasteiger partial charge in [0.1, 0.15) is 5.82 Å². The molecule has 1 aliphatic carbocycles. The second kappa shape index (κ2) is 7.13. The lowest BCUT2D eigenvalue weighted by molar-refractivity contribution is -0.131. The van der Waals surface area contributed by atoms with Gasteiger partial charge in [-0.2, -0.15) is 0 Å². The van der Waals surface area contributed by atoms with Crippen molar-refractivity contribution in [2.45, 2.75) is 32.4 Å². The lowest BCUT2D eigenvalue weighted by atomic mass is 10.2. The number of hydrogen-bond acceptors (Lipinski definition) is 3. The summed E-state index contributed by atoms with van der Waals surface area (Å²) in [4.78, 5) is 27.8. The molecule has 0 aliphatic heterocycles. The highest BCUT2D eigenvalue weighted by molar-refractivity contribution is 7.13. The van der Waals surface area contributed by atoms with Gasteiger partial charge >= 0.3 is 0 Å². The molecule has 6 heteroatoms. The van der Waals surface area contributed by atoms with Crippen molar-refractivity contribution in [2.24, 2.45) is 0 Å². The van der Waals surface area contributed by atoms with Crippen molar-refractivity contribution in [3.63, 3.8) is 0 Å². The molecule has 3 rings (SSSR count). The van der Waals surface area contributed by atoms with Crippen molar-refractivity contribution in [3.05, 3.63) is 57.5 Å². The minimum atomic E-state index is -0.311. The fraction of sp³-hybridized carbons (Fsp3) is 0.333. The summed E-state index contributed by atoms with van der Waals surface area (Å²) >= 11 is 1.39. The number of carbonyl (C=O) groups is 2. The van der Waals surface area contributed by atoms with E-state index in [-0.39, 0.29) is 36.8 Å². The van der Waals surface area contributed by atoms with Crippen LogP contribution in [0.3, 0.4) is 0 Å². The summed E-state index contributed by atoms with van der Waals surface area (Å²) in [5.41, 5.74) is 0.498. The van der Waals surface area contributed by atoms with Gasteiger partial charge < -0.3 is 10.2 Å². The third-order valence-corrected chi connectivity index (χ3v) is 4.97. The molecule has 0 spiro atoms. The number of aryl methyl sites for hydroxylation is 1. The Labute approximate surface area is 144 Å². The quantitative estimate of drug-likeness (QED) is 0.874. The van der Waals surface area contributed by atoms with Crippen LogP contribution in [0, 0.1) is 12.7 Å². The Hall–Kier alpha value is -2.21. The maximum absolute atomic E-state index is 13.8. The van der Waals surface area contributed by atoms with E-state index in [9.17, 15) is 14.0 Å². The second-order valence-electron chi connectivity index (χ2n) is 5.94.